The van der Waals surface area contributed by atoms with Gasteiger partial charge in [-0.2, -0.15) is 4.31 Å². The van der Waals surface area contributed by atoms with Gasteiger partial charge in [-0.3, -0.25) is 9.69 Å². The van der Waals surface area contributed by atoms with E-state index in [1.807, 2.05) is 0 Å². The first kappa shape index (κ1) is 15.7. The molecule has 20 heavy (non-hydrogen) atoms. The standard InChI is InChI=1S/C12H24N4O3S/c1-20(18,19)16-7-5-15(6-8-16)10-3-2-4-12(14,9-10)11(13)17/h10H,2-9,14H2,1H3,(H2,13,17). The molecular formula is C12H24N4O3S. The monoisotopic (exact) mass is 304 g/mol. The predicted octanol–water partition coefficient (Wildman–Crippen LogP) is -1.31. The molecule has 116 valence electrons. The molecule has 1 heterocycles. The van der Waals surface area contributed by atoms with Crippen LogP contribution in [0.3, 0.4) is 0 Å². The number of piperazine rings is 1. The highest BCUT2D eigenvalue weighted by atomic mass is 32.2. The summed E-state index contributed by atoms with van der Waals surface area (Å²) in [6, 6.07) is 0.225. The Labute approximate surface area is 120 Å². The van der Waals surface area contributed by atoms with Crippen LogP contribution >= 0.6 is 0 Å². The van der Waals surface area contributed by atoms with E-state index in [-0.39, 0.29) is 6.04 Å². The molecule has 1 aliphatic heterocycles. The Hall–Kier alpha value is -0.700. The van der Waals surface area contributed by atoms with Crippen molar-refractivity contribution in [3.63, 3.8) is 0 Å². The minimum absolute atomic E-state index is 0.225. The second-order valence-corrected chi connectivity index (χ2v) is 7.95. The molecule has 1 saturated heterocycles. The van der Waals surface area contributed by atoms with Gasteiger partial charge in [0.1, 0.15) is 0 Å². The molecule has 2 fully saturated rings. The maximum absolute atomic E-state index is 11.5. The molecule has 2 unspecified atom stereocenters. The average molecular weight is 304 g/mol. The minimum atomic E-state index is -3.11. The van der Waals surface area contributed by atoms with E-state index in [4.69, 9.17) is 11.5 Å². The third kappa shape index (κ3) is 3.30. The SMILES string of the molecule is CS(=O)(=O)N1CCN(C2CCCC(N)(C(N)=O)C2)CC1. The van der Waals surface area contributed by atoms with Crippen molar-refractivity contribution in [2.24, 2.45) is 11.5 Å². The summed E-state index contributed by atoms with van der Waals surface area (Å²) in [5.74, 6) is -0.433. The number of amides is 1. The Kier molecular flexibility index (Phi) is 4.38. The molecule has 1 saturated carbocycles. The van der Waals surface area contributed by atoms with E-state index in [0.29, 0.717) is 39.0 Å². The van der Waals surface area contributed by atoms with Crippen LogP contribution in [0, 0.1) is 0 Å². The van der Waals surface area contributed by atoms with E-state index in [9.17, 15) is 13.2 Å². The molecule has 2 aliphatic rings. The summed E-state index contributed by atoms with van der Waals surface area (Å²) in [6.45, 7) is 2.38. The Morgan fingerprint density at radius 3 is 2.35 bits per heavy atom. The lowest BCUT2D eigenvalue weighted by Gasteiger charge is -2.44. The smallest absolute Gasteiger partial charge is 0.237 e. The number of carbonyl (C=O) groups excluding carboxylic acids is 1. The quantitative estimate of drug-likeness (QED) is 0.672. The molecule has 0 spiro atoms. The zero-order chi connectivity index (χ0) is 15.0. The van der Waals surface area contributed by atoms with E-state index in [0.717, 1.165) is 12.8 Å². The Bertz CT molecular complexity index is 473. The first-order valence-corrected chi connectivity index (χ1v) is 8.85. The molecular weight excluding hydrogens is 280 g/mol. The summed E-state index contributed by atoms with van der Waals surface area (Å²) >= 11 is 0. The molecule has 2 rings (SSSR count). The minimum Gasteiger partial charge on any atom is -0.368 e. The highest BCUT2D eigenvalue weighted by Crippen LogP contribution is 2.30. The fourth-order valence-corrected chi connectivity index (χ4v) is 4.04. The third-order valence-electron chi connectivity index (χ3n) is 4.51. The number of hydrogen-bond acceptors (Lipinski definition) is 5. The topological polar surface area (TPSA) is 110 Å². The summed E-state index contributed by atoms with van der Waals surface area (Å²) < 4.78 is 24.5. The molecule has 2 atom stereocenters. The average Bonchev–Trinajstić information content (AvgIpc) is 2.38. The second-order valence-electron chi connectivity index (χ2n) is 5.97. The number of carbonyl (C=O) groups is 1. The number of primary amides is 1. The summed E-state index contributed by atoms with van der Waals surface area (Å²) in [5.41, 5.74) is 10.6. The van der Waals surface area contributed by atoms with Crippen molar-refractivity contribution in [3.8, 4) is 0 Å². The maximum atomic E-state index is 11.5. The first-order valence-electron chi connectivity index (χ1n) is 7.00. The lowest BCUT2D eigenvalue weighted by atomic mass is 9.78. The third-order valence-corrected chi connectivity index (χ3v) is 5.81. The van der Waals surface area contributed by atoms with Gasteiger partial charge in [0, 0.05) is 32.2 Å². The summed E-state index contributed by atoms with van der Waals surface area (Å²) in [7, 11) is -3.11. The van der Waals surface area contributed by atoms with Crippen LogP contribution < -0.4 is 11.5 Å². The van der Waals surface area contributed by atoms with Crippen molar-refractivity contribution < 1.29 is 13.2 Å². The molecule has 8 heteroatoms. The predicted molar refractivity (Wildman–Crippen MR) is 76.4 cm³/mol. The van der Waals surface area contributed by atoms with Crippen molar-refractivity contribution in [2.45, 2.75) is 37.3 Å². The van der Waals surface area contributed by atoms with Gasteiger partial charge in [-0.05, 0) is 25.7 Å². The van der Waals surface area contributed by atoms with Gasteiger partial charge >= 0.3 is 0 Å². The molecule has 0 radical (unpaired) electrons. The molecule has 4 N–H and O–H groups in total. The molecule has 0 aromatic rings. The van der Waals surface area contributed by atoms with Crippen LogP contribution in [-0.4, -0.2) is 67.5 Å². The lowest BCUT2D eigenvalue weighted by Crippen LogP contribution is -2.60. The molecule has 1 amide bonds. The van der Waals surface area contributed by atoms with Crippen molar-refractivity contribution in [2.75, 3.05) is 32.4 Å². The Morgan fingerprint density at radius 2 is 1.85 bits per heavy atom. The van der Waals surface area contributed by atoms with Gasteiger partial charge in [0.25, 0.3) is 0 Å². The highest BCUT2D eigenvalue weighted by Gasteiger charge is 2.40. The molecule has 0 aromatic heterocycles. The van der Waals surface area contributed by atoms with E-state index >= 15 is 0 Å². The number of nitrogens with zero attached hydrogens (tertiary/aromatic N) is 2. The van der Waals surface area contributed by atoms with Gasteiger partial charge in [0.15, 0.2) is 0 Å². The van der Waals surface area contributed by atoms with E-state index in [1.165, 1.54) is 10.6 Å². The fraction of sp³-hybridized carbons (Fsp3) is 0.917. The summed E-state index contributed by atoms with van der Waals surface area (Å²) in [6.07, 6.45) is 4.33. The molecule has 0 aromatic carbocycles. The molecule has 7 nitrogen and oxygen atoms in total. The van der Waals surface area contributed by atoms with Gasteiger partial charge in [-0.25, -0.2) is 8.42 Å². The number of hydrogen-bond donors (Lipinski definition) is 2. The van der Waals surface area contributed by atoms with Crippen LogP contribution in [0.2, 0.25) is 0 Å². The summed E-state index contributed by atoms with van der Waals surface area (Å²) in [4.78, 5) is 13.7. The van der Waals surface area contributed by atoms with Crippen LogP contribution in [0.15, 0.2) is 0 Å². The number of nitrogens with two attached hydrogens (primary N) is 2. The Morgan fingerprint density at radius 1 is 1.25 bits per heavy atom. The maximum Gasteiger partial charge on any atom is 0.237 e. The lowest BCUT2D eigenvalue weighted by molar-refractivity contribution is -0.125. The largest absolute Gasteiger partial charge is 0.368 e. The van der Waals surface area contributed by atoms with Gasteiger partial charge in [0.2, 0.25) is 15.9 Å². The van der Waals surface area contributed by atoms with Crippen molar-refractivity contribution in [3.05, 3.63) is 0 Å². The van der Waals surface area contributed by atoms with Crippen molar-refractivity contribution in [1.82, 2.24) is 9.21 Å². The summed E-state index contributed by atoms with van der Waals surface area (Å²) in [5, 5.41) is 0. The number of rotatable bonds is 3. The van der Waals surface area contributed by atoms with Crippen LogP contribution in [-0.2, 0) is 14.8 Å². The van der Waals surface area contributed by atoms with E-state index in [1.54, 1.807) is 0 Å². The molecule has 0 bridgehead atoms. The highest BCUT2D eigenvalue weighted by molar-refractivity contribution is 7.88. The van der Waals surface area contributed by atoms with Gasteiger partial charge in [0.05, 0.1) is 11.8 Å². The number of sulfonamides is 1. The van der Waals surface area contributed by atoms with Crippen LogP contribution in [0.1, 0.15) is 25.7 Å². The van der Waals surface area contributed by atoms with Crippen molar-refractivity contribution >= 4 is 15.9 Å². The molecule has 1 aliphatic carbocycles. The fourth-order valence-electron chi connectivity index (χ4n) is 3.21. The second kappa shape index (κ2) is 5.59. The zero-order valence-electron chi connectivity index (χ0n) is 11.9. The van der Waals surface area contributed by atoms with Gasteiger partial charge < -0.3 is 11.5 Å². The van der Waals surface area contributed by atoms with E-state index < -0.39 is 21.5 Å². The van der Waals surface area contributed by atoms with Gasteiger partial charge in [-0.15, -0.1) is 0 Å². The normalized spacial score (nSPS) is 34.0. The first-order chi connectivity index (χ1) is 9.22. The van der Waals surface area contributed by atoms with Crippen LogP contribution in [0.4, 0.5) is 0 Å². The van der Waals surface area contributed by atoms with Crippen LogP contribution in [0.25, 0.3) is 0 Å². The zero-order valence-corrected chi connectivity index (χ0v) is 12.7. The van der Waals surface area contributed by atoms with E-state index in [2.05, 4.69) is 4.90 Å². The van der Waals surface area contributed by atoms with Crippen LogP contribution in [0.5, 0.6) is 0 Å². The van der Waals surface area contributed by atoms with Crippen molar-refractivity contribution in [1.29, 1.82) is 0 Å². The Balaban J connectivity index is 1.95. The van der Waals surface area contributed by atoms with Gasteiger partial charge in [-0.1, -0.05) is 0 Å².